The van der Waals surface area contributed by atoms with Crippen LogP contribution in [0.1, 0.15) is 12.8 Å². The Kier molecular flexibility index (Phi) is 2.45. The van der Waals surface area contributed by atoms with Gasteiger partial charge in [0.2, 0.25) is 5.91 Å². The molecule has 5 nitrogen and oxygen atoms in total. The summed E-state index contributed by atoms with van der Waals surface area (Å²) in [7, 11) is 0. The predicted molar refractivity (Wildman–Crippen MR) is 55.5 cm³/mol. The topological polar surface area (TPSA) is 72.9 Å². The maximum absolute atomic E-state index is 10.9. The Bertz CT molecular complexity index is 343. The summed E-state index contributed by atoms with van der Waals surface area (Å²) in [5.41, 5.74) is 5.58. The fourth-order valence-corrected chi connectivity index (χ4v) is 1.86. The first-order chi connectivity index (χ1) is 6.65. The van der Waals surface area contributed by atoms with Crippen LogP contribution < -0.4 is 11.1 Å². The number of rotatable bonds is 2. The van der Waals surface area contributed by atoms with Gasteiger partial charge in [-0.25, -0.2) is 0 Å². The molecule has 1 fully saturated rings. The minimum Gasteiger partial charge on any atom is -0.381 e. The summed E-state index contributed by atoms with van der Waals surface area (Å²) in [5, 5.41) is 6.97. The first kappa shape index (κ1) is 9.51. The van der Waals surface area contributed by atoms with Crippen LogP contribution in [0.3, 0.4) is 0 Å². The molecular formula is C8H11BrN4O. The highest BCUT2D eigenvalue weighted by Crippen LogP contribution is 2.17. The lowest BCUT2D eigenvalue weighted by molar-refractivity contribution is -0.119. The van der Waals surface area contributed by atoms with Crippen LogP contribution >= 0.6 is 15.9 Å². The molecule has 1 unspecified atom stereocenters. The Morgan fingerprint density at radius 1 is 1.79 bits per heavy atom. The zero-order valence-electron chi connectivity index (χ0n) is 7.53. The van der Waals surface area contributed by atoms with Gasteiger partial charge in [0.15, 0.2) is 5.82 Å². The van der Waals surface area contributed by atoms with Crippen LogP contribution in [0.2, 0.25) is 0 Å². The Labute approximate surface area is 89.8 Å². The second kappa shape index (κ2) is 3.61. The van der Waals surface area contributed by atoms with Gasteiger partial charge >= 0.3 is 0 Å². The van der Waals surface area contributed by atoms with E-state index in [1.807, 2.05) is 6.20 Å². The number of hydrogen-bond donors (Lipinski definition) is 2. The largest absolute Gasteiger partial charge is 0.381 e. The number of carbonyl (C=O) groups is 1. The van der Waals surface area contributed by atoms with Gasteiger partial charge in [-0.15, -0.1) is 0 Å². The summed E-state index contributed by atoms with van der Waals surface area (Å²) < 4.78 is 2.54. The van der Waals surface area contributed by atoms with E-state index in [4.69, 9.17) is 5.73 Å². The van der Waals surface area contributed by atoms with E-state index >= 15 is 0 Å². The number of amides is 1. The number of nitrogens with zero attached hydrogens (tertiary/aromatic N) is 2. The van der Waals surface area contributed by atoms with Crippen molar-refractivity contribution in [2.75, 3.05) is 5.73 Å². The standard InChI is InChI=1S/C8H11BrN4O/c9-6-4-13(12-8(6)10)3-5-1-2-7(14)11-5/h4-5H,1-3H2,(H2,10,12)(H,11,14). The molecule has 0 saturated carbocycles. The third-order valence-corrected chi connectivity index (χ3v) is 2.85. The van der Waals surface area contributed by atoms with Crippen molar-refractivity contribution in [3.05, 3.63) is 10.7 Å². The smallest absolute Gasteiger partial charge is 0.220 e. The quantitative estimate of drug-likeness (QED) is 0.812. The van der Waals surface area contributed by atoms with Gasteiger partial charge in [0.05, 0.1) is 11.0 Å². The van der Waals surface area contributed by atoms with E-state index in [1.165, 1.54) is 0 Å². The van der Waals surface area contributed by atoms with Crippen LogP contribution in [0.25, 0.3) is 0 Å². The molecule has 1 aromatic rings. The molecule has 3 N–H and O–H groups in total. The molecule has 6 heteroatoms. The van der Waals surface area contributed by atoms with E-state index < -0.39 is 0 Å². The van der Waals surface area contributed by atoms with Crippen LogP contribution in [0.15, 0.2) is 10.7 Å². The number of nitrogen functional groups attached to an aromatic ring is 1. The maximum atomic E-state index is 10.9. The van der Waals surface area contributed by atoms with Crippen molar-refractivity contribution in [2.24, 2.45) is 0 Å². The van der Waals surface area contributed by atoms with Crippen molar-refractivity contribution in [1.82, 2.24) is 15.1 Å². The van der Waals surface area contributed by atoms with Gasteiger partial charge < -0.3 is 11.1 Å². The first-order valence-electron chi connectivity index (χ1n) is 4.43. The Morgan fingerprint density at radius 2 is 2.57 bits per heavy atom. The number of aromatic nitrogens is 2. The number of nitrogens with two attached hydrogens (primary N) is 1. The summed E-state index contributed by atoms with van der Waals surface area (Å²) in [6, 6.07) is 0.189. The molecule has 0 spiro atoms. The third kappa shape index (κ3) is 1.89. The summed E-state index contributed by atoms with van der Waals surface area (Å²) in [5.74, 6) is 0.600. The SMILES string of the molecule is Nc1nn(CC2CCC(=O)N2)cc1Br. The Hall–Kier alpha value is -1.04. The Morgan fingerprint density at radius 3 is 3.07 bits per heavy atom. The number of hydrogen-bond acceptors (Lipinski definition) is 3. The summed E-state index contributed by atoms with van der Waals surface area (Å²) in [6.45, 7) is 0.682. The fourth-order valence-electron chi connectivity index (χ4n) is 1.55. The lowest BCUT2D eigenvalue weighted by Gasteiger charge is -2.08. The molecule has 1 aromatic heterocycles. The molecule has 1 saturated heterocycles. The second-order valence-corrected chi connectivity index (χ2v) is 4.24. The average molecular weight is 259 g/mol. The zero-order valence-corrected chi connectivity index (χ0v) is 9.12. The molecule has 76 valence electrons. The van der Waals surface area contributed by atoms with Crippen LogP contribution in [0.4, 0.5) is 5.82 Å². The highest BCUT2D eigenvalue weighted by atomic mass is 79.9. The third-order valence-electron chi connectivity index (χ3n) is 2.24. The van der Waals surface area contributed by atoms with E-state index in [2.05, 4.69) is 26.3 Å². The normalized spacial score (nSPS) is 21.2. The van der Waals surface area contributed by atoms with Gasteiger partial charge in [-0.2, -0.15) is 5.10 Å². The first-order valence-corrected chi connectivity index (χ1v) is 5.22. The van der Waals surface area contributed by atoms with Gasteiger partial charge in [0.1, 0.15) is 0 Å². The zero-order chi connectivity index (χ0) is 10.1. The van der Waals surface area contributed by atoms with E-state index in [0.29, 0.717) is 18.8 Å². The summed E-state index contributed by atoms with van der Waals surface area (Å²) in [4.78, 5) is 10.9. The van der Waals surface area contributed by atoms with Crippen molar-refractivity contribution in [3.8, 4) is 0 Å². The molecular weight excluding hydrogens is 248 g/mol. The number of anilines is 1. The second-order valence-electron chi connectivity index (χ2n) is 3.39. The van der Waals surface area contributed by atoms with E-state index in [9.17, 15) is 4.79 Å². The minimum absolute atomic E-state index is 0.120. The molecule has 1 aliphatic rings. The van der Waals surface area contributed by atoms with Crippen LogP contribution in [-0.2, 0) is 11.3 Å². The molecule has 0 bridgehead atoms. The fraction of sp³-hybridized carbons (Fsp3) is 0.500. The van der Waals surface area contributed by atoms with Crippen LogP contribution in [0, 0.1) is 0 Å². The number of nitrogens with one attached hydrogen (secondary N) is 1. The minimum atomic E-state index is 0.120. The van der Waals surface area contributed by atoms with Crippen LogP contribution in [-0.4, -0.2) is 21.7 Å². The van der Waals surface area contributed by atoms with E-state index in [-0.39, 0.29) is 11.9 Å². The van der Waals surface area contributed by atoms with Gasteiger partial charge in [-0.1, -0.05) is 0 Å². The number of halogens is 1. The lowest BCUT2D eigenvalue weighted by Crippen LogP contribution is -2.29. The van der Waals surface area contributed by atoms with Crippen molar-refractivity contribution >= 4 is 27.7 Å². The lowest BCUT2D eigenvalue weighted by atomic mass is 10.2. The molecule has 2 rings (SSSR count). The molecule has 2 heterocycles. The molecule has 1 amide bonds. The monoisotopic (exact) mass is 258 g/mol. The molecule has 0 aromatic carbocycles. The van der Waals surface area contributed by atoms with Crippen molar-refractivity contribution < 1.29 is 4.79 Å². The molecule has 0 radical (unpaired) electrons. The van der Waals surface area contributed by atoms with Gasteiger partial charge in [0, 0.05) is 18.7 Å². The van der Waals surface area contributed by atoms with Gasteiger partial charge in [-0.05, 0) is 22.4 Å². The van der Waals surface area contributed by atoms with Crippen molar-refractivity contribution in [1.29, 1.82) is 0 Å². The Balaban J connectivity index is 2.00. The predicted octanol–water partition coefficient (Wildman–Crippen LogP) is 0.506. The average Bonchev–Trinajstić information content (AvgIpc) is 2.62. The highest BCUT2D eigenvalue weighted by Gasteiger charge is 2.21. The summed E-state index contributed by atoms with van der Waals surface area (Å²) in [6.07, 6.45) is 3.30. The van der Waals surface area contributed by atoms with Crippen LogP contribution in [0.5, 0.6) is 0 Å². The molecule has 14 heavy (non-hydrogen) atoms. The molecule has 0 aliphatic carbocycles. The van der Waals surface area contributed by atoms with E-state index in [0.717, 1.165) is 10.9 Å². The summed E-state index contributed by atoms with van der Waals surface area (Å²) >= 11 is 3.28. The number of carbonyl (C=O) groups excluding carboxylic acids is 1. The van der Waals surface area contributed by atoms with Gasteiger partial charge in [-0.3, -0.25) is 9.48 Å². The van der Waals surface area contributed by atoms with Crippen molar-refractivity contribution in [3.63, 3.8) is 0 Å². The van der Waals surface area contributed by atoms with Gasteiger partial charge in [0.25, 0.3) is 0 Å². The molecule has 1 atom stereocenters. The molecule has 1 aliphatic heterocycles. The van der Waals surface area contributed by atoms with E-state index in [1.54, 1.807) is 4.68 Å². The highest BCUT2D eigenvalue weighted by molar-refractivity contribution is 9.10. The van der Waals surface area contributed by atoms with Crippen molar-refractivity contribution in [2.45, 2.75) is 25.4 Å². The maximum Gasteiger partial charge on any atom is 0.220 e.